The van der Waals surface area contributed by atoms with Crippen LogP contribution in [0.1, 0.15) is 19.8 Å². The molecule has 1 aliphatic rings. The minimum Gasteiger partial charge on any atom is -0.508 e. The molecule has 1 atom stereocenters. The van der Waals surface area contributed by atoms with E-state index in [4.69, 9.17) is 5.11 Å². The third-order valence-electron chi connectivity index (χ3n) is 1.77. The van der Waals surface area contributed by atoms with E-state index >= 15 is 0 Å². The van der Waals surface area contributed by atoms with Crippen molar-refractivity contribution in [3.63, 3.8) is 0 Å². The predicted molar refractivity (Wildman–Crippen MR) is 48.8 cm³/mol. The van der Waals surface area contributed by atoms with Crippen LogP contribution in [0.4, 0.5) is 0 Å². The smallest absolute Gasteiger partial charge is 0.115 e. The maximum Gasteiger partial charge on any atom is 0.115 e. The first-order chi connectivity index (χ1) is 5.74. The van der Waals surface area contributed by atoms with Gasteiger partial charge in [-0.15, -0.1) is 0 Å². The lowest BCUT2D eigenvalue weighted by Gasteiger charge is -2.11. The zero-order chi connectivity index (χ0) is 8.97. The van der Waals surface area contributed by atoms with Crippen LogP contribution in [-0.2, 0) is 0 Å². The Balaban J connectivity index is 2.70. The Kier molecular flexibility index (Phi) is 3.11. The quantitative estimate of drug-likeness (QED) is 0.659. The van der Waals surface area contributed by atoms with E-state index in [1.165, 1.54) is 6.08 Å². The number of unbranched alkanes of at least 4 members (excludes halogenated alkanes) is 1. The van der Waals surface area contributed by atoms with Crippen molar-refractivity contribution in [1.29, 1.82) is 0 Å². The van der Waals surface area contributed by atoms with Crippen molar-refractivity contribution < 1.29 is 10.2 Å². The van der Waals surface area contributed by atoms with E-state index in [1.807, 2.05) is 6.08 Å². The highest BCUT2D eigenvalue weighted by atomic mass is 16.3. The summed E-state index contributed by atoms with van der Waals surface area (Å²) in [5.41, 5.74) is 0.789. The fourth-order valence-corrected chi connectivity index (χ4v) is 1.10. The highest BCUT2D eigenvalue weighted by Crippen LogP contribution is 2.15. The number of aliphatic hydroxyl groups excluding tert-OH is 2. The Hall–Kier alpha value is -1.02. The first-order valence-electron chi connectivity index (χ1n) is 4.21. The molecule has 0 bridgehead atoms. The van der Waals surface area contributed by atoms with Gasteiger partial charge in [-0.2, -0.15) is 0 Å². The van der Waals surface area contributed by atoms with Gasteiger partial charge in [0.05, 0.1) is 6.10 Å². The third-order valence-corrected chi connectivity index (χ3v) is 1.77. The molecule has 12 heavy (non-hydrogen) atoms. The van der Waals surface area contributed by atoms with Crippen molar-refractivity contribution in [2.75, 3.05) is 0 Å². The zero-order valence-corrected chi connectivity index (χ0v) is 7.20. The van der Waals surface area contributed by atoms with Crippen LogP contribution in [0.2, 0.25) is 0 Å². The minimum absolute atomic E-state index is 0.211. The molecule has 0 aliphatic heterocycles. The lowest BCUT2D eigenvalue weighted by atomic mass is 10.0. The highest BCUT2D eigenvalue weighted by Gasteiger charge is 2.09. The van der Waals surface area contributed by atoms with E-state index in [9.17, 15) is 5.11 Å². The Morgan fingerprint density at radius 1 is 1.58 bits per heavy atom. The third kappa shape index (κ3) is 2.24. The van der Waals surface area contributed by atoms with Gasteiger partial charge in [0.2, 0.25) is 0 Å². The van der Waals surface area contributed by atoms with Gasteiger partial charge >= 0.3 is 0 Å². The summed E-state index contributed by atoms with van der Waals surface area (Å²) in [6, 6.07) is 0. The van der Waals surface area contributed by atoms with E-state index in [-0.39, 0.29) is 5.76 Å². The fourth-order valence-electron chi connectivity index (χ4n) is 1.10. The summed E-state index contributed by atoms with van der Waals surface area (Å²) in [5.74, 6) is 0.211. The number of hydrogen-bond donors (Lipinski definition) is 2. The van der Waals surface area contributed by atoms with E-state index in [2.05, 4.69) is 6.92 Å². The standard InChI is InChI=1S/C10H14O2/c1-2-3-4-8-7-9(11)5-6-10(8)12/h4-7,10-12H,2-3H2,1H3. The maximum atomic E-state index is 9.40. The van der Waals surface area contributed by atoms with Gasteiger partial charge in [0, 0.05) is 0 Å². The number of rotatable bonds is 2. The van der Waals surface area contributed by atoms with E-state index in [0.717, 1.165) is 18.4 Å². The van der Waals surface area contributed by atoms with Gasteiger partial charge in [-0.1, -0.05) is 19.4 Å². The number of allylic oxidation sites excluding steroid dienone is 2. The van der Waals surface area contributed by atoms with E-state index in [1.54, 1.807) is 12.2 Å². The molecule has 0 radical (unpaired) electrons. The minimum atomic E-state index is -0.549. The van der Waals surface area contributed by atoms with Gasteiger partial charge in [-0.3, -0.25) is 0 Å². The SMILES string of the molecule is CCCC=C1C=C(O)C=CC1O. The molecule has 1 aliphatic carbocycles. The second-order valence-electron chi connectivity index (χ2n) is 2.87. The Morgan fingerprint density at radius 3 is 3.00 bits per heavy atom. The van der Waals surface area contributed by atoms with Gasteiger partial charge in [0.15, 0.2) is 0 Å². The van der Waals surface area contributed by atoms with Crippen LogP contribution in [-0.4, -0.2) is 16.3 Å². The Morgan fingerprint density at radius 2 is 2.33 bits per heavy atom. The van der Waals surface area contributed by atoms with Gasteiger partial charge in [-0.05, 0) is 30.2 Å². The molecular formula is C10H14O2. The van der Waals surface area contributed by atoms with Crippen molar-refractivity contribution >= 4 is 0 Å². The van der Waals surface area contributed by atoms with Crippen LogP contribution in [0, 0.1) is 0 Å². The normalized spacial score (nSPS) is 26.0. The molecular weight excluding hydrogens is 152 g/mol. The van der Waals surface area contributed by atoms with Crippen LogP contribution >= 0.6 is 0 Å². The summed E-state index contributed by atoms with van der Waals surface area (Å²) in [5, 5.41) is 18.5. The summed E-state index contributed by atoms with van der Waals surface area (Å²) in [4.78, 5) is 0. The van der Waals surface area contributed by atoms with Crippen molar-refractivity contribution in [3.05, 3.63) is 35.6 Å². The lowest BCUT2D eigenvalue weighted by Crippen LogP contribution is -2.08. The molecule has 0 heterocycles. The molecule has 0 spiro atoms. The summed E-state index contributed by atoms with van der Waals surface area (Å²) in [7, 11) is 0. The van der Waals surface area contributed by atoms with Crippen molar-refractivity contribution in [2.45, 2.75) is 25.9 Å². The summed E-state index contributed by atoms with van der Waals surface area (Å²) < 4.78 is 0. The number of aliphatic hydroxyl groups is 2. The molecule has 0 aromatic carbocycles. The van der Waals surface area contributed by atoms with Crippen molar-refractivity contribution in [3.8, 4) is 0 Å². The molecule has 0 fully saturated rings. The molecule has 1 unspecified atom stereocenters. The molecule has 0 aromatic heterocycles. The van der Waals surface area contributed by atoms with E-state index < -0.39 is 6.10 Å². The predicted octanol–water partition coefficient (Wildman–Crippen LogP) is 2.09. The lowest BCUT2D eigenvalue weighted by molar-refractivity contribution is 0.258. The van der Waals surface area contributed by atoms with Crippen molar-refractivity contribution in [2.24, 2.45) is 0 Å². The highest BCUT2D eigenvalue weighted by molar-refractivity contribution is 5.36. The molecule has 0 amide bonds. The van der Waals surface area contributed by atoms with Gasteiger partial charge in [-0.25, -0.2) is 0 Å². The molecule has 0 aromatic rings. The van der Waals surface area contributed by atoms with Crippen LogP contribution in [0.5, 0.6) is 0 Å². The summed E-state index contributed by atoms with van der Waals surface area (Å²) >= 11 is 0. The molecule has 0 saturated heterocycles. The van der Waals surface area contributed by atoms with Crippen LogP contribution in [0.3, 0.4) is 0 Å². The zero-order valence-electron chi connectivity index (χ0n) is 7.20. The van der Waals surface area contributed by atoms with Crippen LogP contribution < -0.4 is 0 Å². The molecule has 1 rings (SSSR count). The number of hydrogen-bond acceptors (Lipinski definition) is 2. The largest absolute Gasteiger partial charge is 0.508 e. The maximum absolute atomic E-state index is 9.40. The molecule has 66 valence electrons. The van der Waals surface area contributed by atoms with Gasteiger partial charge in [0.1, 0.15) is 5.76 Å². The van der Waals surface area contributed by atoms with Gasteiger partial charge in [0.25, 0.3) is 0 Å². The topological polar surface area (TPSA) is 40.5 Å². The van der Waals surface area contributed by atoms with Crippen molar-refractivity contribution in [1.82, 2.24) is 0 Å². The first-order valence-corrected chi connectivity index (χ1v) is 4.21. The average Bonchev–Trinajstić information content (AvgIpc) is 2.07. The molecule has 2 heteroatoms. The first kappa shape index (κ1) is 9.07. The Labute approximate surface area is 72.5 Å². The monoisotopic (exact) mass is 166 g/mol. The van der Waals surface area contributed by atoms with Gasteiger partial charge < -0.3 is 10.2 Å². The molecule has 2 N–H and O–H groups in total. The summed E-state index contributed by atoms with van der Waals surface area (Å²) in [6.45, 7) is 2.08. The van der Waals surface area contributed by atoms with Crippen LogP contribution in [0.25, 0.3) is 0 Å². The molecule has 0 saturated carbocycles. The average molecular weight is 166 g/mol. The second-order valence-corrected chi connectivity index (χ2v) is 2.87. The van der Waals surface area contributed by atoms with Crippen LogP contribution in [0.15, 0.2) is 35.6 Å². The second kappa shape index (κ2) is 4.12. The van der Waals surface area contributed by atoms with E-state index in [0.29, 0.717) is 0 Å². The molecule has 2 nitrogen and oxygen atoms in total. The fraction of sp³-hybridized carbons (Fsp3) is 0.400. The Bertz CT molecular complexity index is 236. The summed E-state index contributed by atoms with van der Waals surface area (Å²) in [6.07, 6.45) is 8.07.